The monoisotopic (exact) mass is 626 g/mol. The van der Waals surface area contributed by atoms with Crippen LogP contribution in [0.4, 0.5) is 0 Å². The van der Waals surface area contributed by atoms with Gasteiger partial charge in [0.15, 0.2) is 6.10 Å². The van der Waals surface area contributed by atoms with Gasteiger partial charge in [0.2, 0.25) is 5.91 Å². The Morgan fingerprint density at radius 3 is 2.05 bits per heavy atom. The molecule has 9 nitrogen and oxygen atoms in total. The Morgan fingerprint density at radius 1 is 0.909 bits per heavy atom. The van der Waals surface area contributed by atoms with Crippen LogP contribution in [0.1, 0.15) is 130 Å². The normalized spacial score (nSPS) is 19.1. The molecule has 5 atom stereocenters. The van der Waals surface area contributed by atoms with Crippen LogP contribution in [0.3, 0.4) is 0 Å². The van der Waals surface area contributed by atoms with E-state index >= 15 is 0 Å². The maximum atomic E-state index is 13.2. The van der Waals surface area contributed by atoms with Gasteiger partial charge in [0, 0.05) is 33.4 Å². The maximum Gasteiger partial charge on any atom is 0.252 e. The van der Waals surface area contributed by atoms with Crippen LogP contribution >= 0.6 is 0 Å². The first-order valence-corrected chi connectivity index (χ1v) is 17.4. The molecule has 0 bridgehead atoms. The summed E-state index contributed by atoms with van der Waals surface area (Å²) < 4.78 is 11.0. The molecular formula is C35H66N2O7. The Hall–Kier alpha value is -1.52. The van der Waals surface area contributed by atoms with Gasteiger partial charge in [0.25, 0.3) is 5.91 Å². The van der Waals surface area contributed by atoms with E-state index in [1.165, 1.54) is 83.8 Å². The third-order valence-corrected chi connectivity index (χ3v) is 8.27. The molecule has 1 aliphatic heterocycles. The van der Waals surface area contributed by atoms with Crippen LogP contribution < -0.4 is 5.32 Å². The van der Waals surface area contributed by atoms with Crippen LogP contribution in [-0.2, 0) is 19.1 Å². The lowest BCUT2D eigenvalue weighted by Gasteiger charge is -2.29. The van der Waals surface area contributed by atoms with Crippen LogP contribution in [0, 0.1) is 5.41 Å². The van der Waals surface area contributed by atoms with Gasteiger partial charge in [-0.3, -0.25) is 9.59 Å². The number of nitrogens with one attached hydrogen (secondary N) is 1. The van der Waals surface area contributed by atoms with Gasteiger partial charge in [-0.1, -0.05) is 110 Å². The summed E-state index contributed by atoms with van der Waals surface area (Å²) in [5.74, 6) is -0.855. The molecule has 44 heavy (non-hydrogen) atoms. The lowest BCUT2D eigenvalue weighted by Crippen LogP contribution is -2.55. The summed E-state index contributed by atoms with van der Waals surface area (Å²) in [7, 11) is 1.25. The van der Waals surface area contributed by atoms with Crippen molar-refractivity contribution in [3.8, 4) is 0 Å². The second-order valence-electron chi connectivity index (χ2n) is 13.6. The third-order valence-electron chi connectivity index (χ3n) is 8.27. The molecule has 0 radical (unpaired) electrons. The fourth-order valence-corrected chi connectivity index (χ4v) is 5.50. The van der Waals surface area contributed by atoms with Crippen LogP contribution in [0.5, 0.6) is 0 Å². The first-order chi connectivity index (χ1) is 21.0. The number of unbranched alkanes of at least 4 members (excludes halogenated alkanes) is 11. The van der Waals surface area contributed by atoms with E-state index in [-0.39, 0.29) is 11.3 Å². The zero-order valence-electron chi connectivity index (χ0n) is 28.6. The molecule has 1 fully saturated rings. The van der Waals surface area contributed by atoms with Crippen molar-refractivity contribution in [2.75, 3.05) is 33.4 Å². The lowest BCUT2D eigenvalue weighted by atomic mass is 9.94. The Labute approximate surface area is 268 Å². The second-order valence-corrected chi connectivity index (χ2v) is 13.6. The summed E-state index contributed by atoms with van der Waals surface area (Å²) in [5.41, 5.74) is -0.228. The SMILES string of the molecule is CCCCCCCCCCCCCCOCCCN1CCCC[C@H](NC(=O)[C@H](OC)[C@H](O)[C@@H](O)[C@H](O)C=CC(C)(C)C)C1=O. The van der Waals surface area contributed by atoms with E-state index in [0.29, 0.717) is 26.1 Å². The van der Waals surface area contributed by atoms with Crippen LogP contribution in [-0.4, -0.2) is 95.9 Å². The standard InChI is InChI=1S/C35H66N2O7/c1-6-7-8-9-10-11-12-13-14-15-16-19-26-44-27-20-25-37-24-18-17-21-28(34(37)42)36-33(41)32(43-5)31(40)30(39)29(38)22-23-35(2,3)4/h22-23,28-32,38-40H,6-21,24-27H2,1-5H3,(H,36,41)/t28-,29+,30-,31+,32+/m0/s1. The fourth-order valence-electron chi connectivity index (χ4n) is 5.50. The van der Waals surface area contributed by atoms with Crippen molar-refractivity contribution in [1.29, 1.82) is 0 Å². The number of allylic oxidation sites excluding steroid dienone is 1. The van der Waals surface area contributed by atoms with Crippen molar-refractivity contribution in [1.82, 2.24) is 10.2 Å². The summed E-state index contributed by atoms with van der Waals surface area (Å²) in [4.78, 5) is 28.0. The average Bonchev–Trinajstić information content (AvgIpc) is 3.15. The van der Waals surface area contributed by atoms with Gasteiger partial charge in [-0.25, -0.2) is 0 Å². The van der Waals surface area contributed by atoms with E-state index < -0.39 is 36.4 Å². The molecule has 0 aromatic rings. The fraction of sp³-hybridized carbons (Fsp3) is 0.886. The molecule has 2 amide bonds. The highest BCUT2D eigenvalue weighted by atomic mass is 16.5. The van der Waals surface area contributed by atoms with Gasteiger partial charge in [0.1, 0.15) is 24.4 Å². The number of likely N-dealkylation sites (tertiary alicyclic amines) is 1. The van der Waals surface area contributed by atoms with Crippen LogP contribution in [0.25, 0.3) is 0 Å². The molecule has 0 aliphatic carbocycles. The zero-order chi connectivity index (χ0) is 32.8. The molecule has 0 spiro atoms. The summed E-state index contributed by atoms with van der Waals surface area (Å²) in [5, 5.41) is 34.1. The molecule has 258 valence electrons. The first kappa shape index (κ1) is 40.5. The Kier molecular flexibility index (Phi) is 21.9. The van der Waals surface area contributed by atoms with E-state index in [9.17, 15) is 24.9 Å². The molecule has 1 rings (SSSR count). The summed E-state index contributed by atoms with van der Waals surface area (Å²) in [6.07, 6.45) is 15.6. The Balaban J connectivity index is 2.33. The average molecular weight is 627 g/mol. The molecule has 9 heteroatoms. The number of ether oxygens (including phenoxy) is 2. The largest absolute Gasteiger partial charge is 0.387 e. The van der Waals surface area contributed by atoms with E-state index in [1.807, 2.05) is 20.8 Å². The molecule has 4 N–H and O–H groups in total. The third kappa shape index (κ3) is 17.8. The number of aliphatic hydroxyl groups is 3. The van der Waals surface area contributed by atoms with E-state index in [1.54, 1.807) is 11.0 Å². The highest BCUT2D eigenvalue weighted by Crippen LogP contribution is 2.18. The summed E-state index contributed by atoms with van der Waals surface area (Å²) in [6.45, 7) is 10.6. The van der Waals surface area contributed by atoms with Crippen LogP contribution in [0.2, 0.25) is 0 Å². The number of carbonyl (C=O) groups is 2. The van der Waals surface area contributed by atoms with Gasteiger partial charge < -0.3 is 35.0 Å². The number of nitrogens with zero attached hydrogens (tertiary/aromatic N) is 1. The first-order valence-electron chi connectivity index (χ1n) is 17.4. The van der Waals surface area contributed by atoms with Crippen molar-refractivity contribution in [3.63, 3.8) is 0 Å². The predicted octanol–water partition coefficient (Wildman–Crippen LogP) is 5.29. The van der Waals surface area contributed by atoms with Gasteiger partial charge in [0.05, 0.1) is 0 Å². The van der Waals surface area contributed by atoms with Gasteiger partial charge >= 0.3 is 0 Å². The molecule has 0 unspecified atom stereocenters. The molecule has 0 aromatic carbocycles. The van der Waals surface area contributed by atoms with Crippen molar-refractivity contribution in [2.24, 2.45) is 5.41 Å². The quantitative estimate of drug-likeness (QED) is 0.0847. The Morgan fingerprint density at radius 2 is 1.48 bits per heavy atom. The molecule has 0 saturated carbocycles. The minimum atomic E-state index is -1.68. The van der Waals surface area contributed by atoms with Gasteiger partial charge in [-0.05, 0) is 37.5 Å². The molecule has 0 aromatic heterocycles. The van der Waals surface area contributed by atoms with E-state index in [0.717, 1.165) is 32.3 Å². The van der Waals surface area contributed by atoms with Gasteiger partial charge in [-0.15, -0.1) is 0 Å². The molecule has 1 saturated heterocycles. The summed E-state index contributed by atoms with van der Waals surface area (Å²) >= 11 is 0. The van der Waals surface area contributed by atoms with Gasteiger partial charge in [-0.2, -0.15) is 0 Å². The minimum Gasteiger partial charge on any atom is -0.387 e. The minimum absolute atomic E-state index is 0.158. The second kappa shape index (κ2) is 23.8. The number of aliphatic hydroxyl groups excluding tert-OH is 3. The molecular weight excluding hydrogens is 560 g/mol. The number of rotatable bonds is 24. The summed E-state index contributed by atoms with van der Waals surface area (Å²) in [6, 6.07) is -0.736. The van der Waals surface area contributed by atoms with Crippen molar-refractivity contribution in [3.05, 3.63) is 12.2 Å². The molecule has 1 aliphatic rings. The maximum absolute atomic E-state index is 13.2. The van der Waals surface area contributed by atoms with Crippen LogP contribution in [0.15, 0.2) is 12.2 Å². The Bertz CT molecular complexity index is 786. The van der Waals surface area contributed by atoms with E-state index in [2.05, 4.69) is 12.2 Å². The number of methoxy groups -OCH3 is 1. The highest BCUT2D eigenvalue weighted by Gasteiger charge is 2.37. The van der Waals surface area contributed by atoms with E-state index in [4.69, 9.17) is 9.47 Å². The number of amides is 2. The van der Waals surface area contributed by atoms with Crippen molar-refractivity contribution in [2.45, 2.75) is 161 Å². The van der Waals surface area contributed by atoms with Crippen molar-refractivity contribution < 1.29 is 34.4 Å². The topological polar surface area (TPSA) is 129 Å². The highest BCUT2D eigenvalue weighted by molar-refractivity contribution is 5.89. The lowest BCUT2D eigenvalue weighted by molar-refractivity contribution is -0.151. The smallest absolute Gasteiger partial charge is 0.252 e. The molecule has 1 heterocycles. The zero-order valence-corrected chi connectivity index (χ0v) is 28.6. The predicted molar refractivity (Wildman–Crippen MR) is 176 cm³/mol. The van der Waals surface area contributed by atoms with Crippen molar-refractivity contribution >= 4 is 11.8 Å². The number of carbonyl (C=O) groups excluding carboxylic acids is 2. The number of hydrogen-bond acceptors (Lipinski definition) is 7. The number of hydrogen-bond donors (Lipinski definition) is 4.